The van der Waals surface area contributed by atoms with Crippen LogP contribution >= 0.6 is 0 Å². The topological polar surface area (TPSA) is 58.6 Å². The minimum atomic E-state index is -0.518. The molecule has 0 aliphatic carbocycles. The minimum absolute atomic E-state index is 0.0155. The van der Waals surface area contributed by atoms with Crippen molar-refractivity contribution in [1.82, 2.24) is 0 Å². The van der Waals surface area contributed by atoms with Crippen molar-refractivity contribution in [3.05, 3.63) is 42.0 Å². The van der Waals surface area contributed by atoms with Gasteiger partial charge in [-0.1, -0.05) is 30.4 Å². The molecule has 0 aromatic heterocycles. The number of ether oxygens (including phenoxy) is 1. The van der Waals surface area contributed by atoms with Gasteiger partial charge in [0.2, 0.25) is 0 Å². The molecule has 2 N–H and O–H groups in total. The molecule has 0 aliphatic rings. The van der Waals surface area contributed by atoms with Crippen LogP contribution in [0, 0.1) is 0 Å². The lowest BCUT2D eigenvalue weighted by atomic mass is 10.1. The molecule has 104 valence electrons. The SMILES string of the molecule is CC(C)(C)OC(=O)Nc1ccccc1C/C=C/CO. The summed E-state index contributed by atoms with van der Waals surface area (Å²) in [6.45, 7) is 5.48. The molecule has 4 nitrogen and oxygen atoms in total. The number of hydrogen-bond acceptors (Lipinski definition) is 3. The van der Waals surface area contributed by atoms with Crippen LogP contribution in [-0.4, -0.2) is 23.4 Å². The van der Waals surface area contributed by atoms with Gasteiger partial charge in [0.15, 0.2) is 0 Å². The van der Waals surface area contributed by atoms with Gasteiger partial charge >= 0.3 is 6.09 Å². The van der Waals surface area contributed by atoms with Gasteiger partial charge in [-0.25, -0.2) is 4.79 Å². The third kappa shape index (κ3) is 6.06. The molecule has 0 radical (unpaired) electrons. The second kappa shape index (κ2) is 6.95. The van der Waals surface area contributed by atoms with E-state index in [1.165, 1.54) is 0 Å². The number of amides is 1. The fourth-order valence-electron chi connectivity index (χ4n) is 1.52. The van der Waals surface area contributed by atoms with E-state index in [-0.39, 0.29) is 6.61 Å². The Morgan fingerprint density at radius 2 is 2.00 bits per heavy atom. The summed E-state index contributed by atoms with van der Waals surface area (Å²) >= 11 is 0. The summed E-state index contributed by atoms with van der Waals surface area (Å²) in [4.78, 5) is 11.7. The summed E-state index contributed by atoms with van der Waals surface area (Å²) in [5.41, 5.74) is 1.17. The van der Waals surface area contributed by atoms with Gasteiger partial charge in [0.05, 0.1) is 6.61 Å². The highest BCUT2D eigenvalue weighted by Crippen LogP contribution is 2.17. The van der Waals surface area contributed by atoms with Crippen molar-refractivity contribution < 1.29 is 14.6 Å². The Bertz CT molecular complexity index is 447. The lowest BCUT2D eigenvalue weighted by Gasteiger charge is -2.20. The van der Waals surface area contributed by atoms with Gasteiger partial charge in [-0.05, 0) is 38.8 Å². The van der Waals surface area contributed by atoms with E-state index < -0.39 is 11.7 Å². The Hall–Kier alpha value is -1.81. The van der Waals surface area contributed by atoms with Crippen molar-refractivity contribution in [3.8, 4) is 0 Å². The van der Waals surface area contributed by atoms with Gasteiger partial charge in [-0.3, -0.25) is 5.32 Å². The van der Waals surface area contributed by atoms with Crippen molar-refractivity contribution in [2.75, 3.05) is 11.9 Å². The Balaban J connectivity index is 2.72. The summed E-state index contributed by atoms with van der Waals surface area (Å²) in [7, 11) is 0. The van der Waals surface area contributed by atoms with Crippen LogP contribution in [0.4, 0.5) is 10.5 Å². The Labute approximate surface area is 114 Å². The van der Waals surface area contributed by atoms with Crippen LogP contribution in [0.5, 0.6) is 0 Å². The van der Waals surface area contributed by atoms with Crippen molar-refractivity contribution in [3.63, 3.8) is 0 Å². The predicted molar refractivity (Wildman–Crippen MR) is 76.2 cm³/mol. The molecule has 0 saturated heterocycles. The molecular weight excluding hydrogens is 242 g/mol. The van der Waals surface area contributed by atoms with E-state index in [0.717, 1.165) is 11.3 Å². The first-order valence-electron chi connectivity index (χ1n) is 6.26. The van der Waals surface area contributed by atoms with Gasteiger partial charge in [0.1, 0.15) is 5.60 Å². The molecule has 0 saturated carbocycles. The summed E-state index contributed by atoms with van der Waals surface area (Å²) in [6.07, 6.45) is 3.71. The Morgan fingerprint density at radius 1 is 1.32 bits per heavy atom. The number of carbonyl (C=O) groups excluding carboxylic acids is 1. The maximum absolute atomic E-state index is 11.7. The maximum Gasteiger partial charge on any atom is 0.412 e. The summed E-state index contributed by atoms with van der Waals surface area (Å²) < 4.78 is 5.21. The molecule has 0 bridgehead atoms. The molecule has 4 heteroatoms. The molecule has 0 unspecified atom stereocenters. The third-order valence-corrected chi connectivity index (χ3v) is 2.26. The zero-order valence-corrected chi connectivity index (χ0v) is 11.6. The average molecular weight is 263 g/mol. The van der Waals surface area contributed by atoms with E-state index in [9.17, 15) is 4.79 Å². The molecule has 19 heavy (non-hydrogen) atoms. The van der Waals surface area contributed by atoms with Gasteiger partial charge in [0.25, 0.3) is 0 Å². The Kier molecular flexibility index (Phi) is 5.57. The molecular formula is C15H21NO3. The number of benzene rings is 1. The van der Waals surface area contributed by atoms with Crippen molar-refractivity contribution in [2.24, 2.45) is 0 Å². The quantitative estimate of drug-likeness (QED) is 0.820. The van der Waals surface area contributed by atoms with Gasteiger partial charge in [-0.15, -0.1) is 0 Å². The summed E-state index contributed by atoms with van der Waals surface area (Å²) in [5, 5.41) is 11.4. The first-order valence-corrected chi connectivity index (χ1v) is 6.26. The predicted octanol–water partition coefficient (Wildman–Crippen LogP) is 3.12. The molecule has 0 heterocycles. The zero-order valence-electron chi connectivity index (χ0n) is 11.6. The van der Waals surface area contributed by atoms with E-state index >= 15 is 0 Å². The normalized spacial score (nSPS) is 11.6. The molecule has 0 spiro atoms. The van der Waals surface area contributed by atoms with E-state index in [2.05, 4.69) is 5.32 Å². The highest BCUT2D eigenvalue weighted by Gasteiger charge is 2.16. The largest absolute Gasteiger partial charge is 0.444 e. The van der Waals surface area contributed by atoms with Crippen LogP contribution in [0.25, 0.3) is 0 Å². The van der Waals surface area contributed by atoms with Crippen molar-refractivity contribution >= 4 is 11.8 Å². The van der Waals surface area contributed by atoms with Crippen LogP contribution in [0.1, 0.15) is 26.3 Å². The first kappa shape index (κ1) is 15.2. The van der Waals surface area contributed by atoms with E-state index in [0.29, 0.717) is 6.42 Å². The lowest BCUT2D eigenvalue weighted by Crippen LogP contribution is -2.27. The van der Waals surface area contributed by atoms with E-state index in [1.807, 2.05) is 51.1 Å². The standard InChI is InChI=1S/C15H21NO3/c1-15(2,3)19-14(18)16-13-10-5-4-8-12(13)9-6-7-11-17/h4-8,10,17H,9,11H2,1-3H3,(H,16,18)/b7-6+. The van der Waals surface area contributed by atoms with Crippen LogP contribution in [0.15, 0.2) is 36.4 Å². The molecule has 1 aromatic carbocycles. The van der Waals surface area contributed by atoms with Crippen LogP contribution in [0.2, 0.25) is 0 Å². The van der Waals surface area contributed by atoms with Crippen LogP contribution < -0.4 is 5.32 Å². The zero-order chi connectivity index (χ0) is 14.3. The molecule has 0 atom stereocenters. The number of nitrogens with one attached hydrogen (secondary N) is 1. The molecule has 0 fully saturated rings. The average Bonchev–Trinajstić information content (AvgIpc) is 2.29. The van der Waals surface area contributed by atoms with Gasteiger partial charge in [-0.2, -0.15) is 0 Å². The molecule has 1 aromatic rings. The molecule has 1 amide bonds. The number of hydrogen-bond donors (Lipinski definition) is 2. The van der Waals surface area contributed by atoms with Crippen molar-refractivity contribution in [1.29, 1.82) is 0 Å². The van der Waals surface area contributed by atoms with Crippen molar-refractivity contribution in [2.45, 2.75) is 32.8 Å². The maximum atomic E-state index is 11.7. The lowest BCUT2D eigenvalue weighted by molar-refractivity contribution is 0.0636. The summed E-state index contributed by atoms with van der Waals surface area (Å²) in [6, 6.07) is 7.51. The third-order valence-electron chi connectivity index (χ3n) is 2.26. The fourth-order valence-corrected chi connectivity index (χ4v) is 1.52. The van der Waals surface area contributed by atoms with Gasteiger partial charge in [0, 0.05) is 5.69 Å². The molecule has 0 aliphatic heterocycles. The fraction of sp³-hybridized carbons (Fsp3) is 0.400. The second-order valence-corrected chi connectivity index (χ2v) is 5.14. The highest BCUT2D eigenvalue weighted by atomic mass is 16.6. The minimum Gasteiger partial charge on any atom is -0.444 e. The monoisotopic (exact) mass is 263 g/mol. The van der Waals surface area contributed by atoms with E-state index in [4.69, 9.17) is 9.84 Å². The molecule has 1 rings (SSSR count). The van der Waals surface area contributed by atoms with Crippen LogP contribution in [-0.2, 0) is 11.2 Å². The number of para-hydroxylation sites is 1. The number of allylic oxidation sites excluding steroid dienone is 1. The number of carbonyl (C=O) groups is 1. The number of rotatable bonds is 4. The second-order valence-electron chi connectivity index (χ2n) is 5.14. The first-order chi connectivity index (χ1) is 8.92. The Morgan fingerprint density at radius 3 is 2.63 bits per heavy atom. The smallest absolute Gasteiger partial charge is 0.412 e. The van der Waals surface area contributed by atoms with Crippen LogP contribution in [0.3, 0.4) is 0 Å². The number of aliphatic hydroxyl groups excluding tert-OH is 1. The highest BCUT2D eigenvalue weighted by molar-refractivity contribution is 5.86. The van der Waals surface area contributed by atoms with Gasteiger partial charge < -0.3 is 9.84 Å². The van der Waals surface area contributed by atoms with E-state index in [1.54, 1.807) is 6.08 Å². The number of anilines is 1. The summed E-state index contributed by atoms with van der Waals surface area (Å²) in [5.74, 6) is 0. The number of aliphatic hydroxyl groups is 1.